The Hall–Kier alpha value is -2.07. The Balaban J connectivity index is 2.21. The van der Waals surface area contributed by atoms with Crippen molar-refractivity contribution in [2.75, 3.05) is 20.3 Å². The van der Waals surface area contributed by atoms with Crippen LogP contribution >= 0.6 is 0 Å². The first-order valence-electron chi connectivity index (χ1n) is 9.16. The van der Waals surface area contributed by atoms with Crippen molar-refractivity contribution < 1.29 is 13.9 Å². The highest BCUT2D eigenvalue weighted by Crippen LogP contribution is 2.34. The van der Waals surface area contributed by atoms with E-state index in [0.29, 0.717) is 18.7 Å². The van der Waals surface area contributed by atoms with Gasteiger partial charge in [-0.3, -0.25) is 4.90 Å². The van der Waals surface area contributed by atoms with Crippen molar-refractivity contribution in [3.05, 3.63) is 47.8 Å². The lowest BCUT2D eigenvalue weighted by Crippen LogP contribution is -2.39. The van der Waals surface area contributed by atoms with Crippen LogP contribution in [-0.2, 0) is 0 Å². The van der Waals surface area contributed by atoms with Crippen molar-refractivity contribution in [2.24, 2.45) is 0 Å². The Morgan fingerprint density at radius 1 is 1.00 bits per heavy atom. The van der Waals surface area contributed by atoms with Crippen LogP contribution < -0.4 is 9.47 Å². The van der Waals surface area contributed by atoms with Crippen molar-refractivity contribution in [3.8, 4) is 22.6 Å². The van der Waals surface area contributed by atoms with Crippen molar-refractivity contribution in [1.82, 2.24) is 4.90 Å². The van der Waals surface area contributed by atoms with Crippen LogP contribution in [-0.4, -0.2) is 37.2 Å². The van der Waals surface area contributed by atoms with Crippen LogP contribution in [0.3, 0.4) is 0 Å². The third-order valence-corrected chi connectivity index (χ3v) is 4.65. The molecule has 26 heavy (non-hydrogen) atoms. The predicted octanol–water partition coefficient (Wildman–Crippen LogP) is 5.31. The molecule has 0 heterocycles. The van der Waals surface area contributed by atoms with Crippen LogP contribution in [0.4, 0.5) is 4.39 Å². The zero-order valence-electron chi connectivity index (χ0n) is 16.7. The lowest BCUT2D eigenvalue weighted by atomic mass is 9.99. The van der Waals surface area contributed by atoms with Gasteiger partial charge in [-0.1, -0.05) is 12.1 Å². The molecule has 0 N–H and O–H groups in total. The molecule has 4 heteroatoms. The minimum absolute atomic E-state index is 0.242. The number of hydrogen-bond donors (Lipinski definition) is 0. The zero-order chi connectivity index (χ0) is 19.3. The molecule has 0 amide bonds. The molecule has 142 valence electrons. The summed E-state index contributed by atoms with van der Waals surface area (Å²) in [5.41, 5.74) is 2.94. The Morgan fingerprint density at radius 2 is 1.62 bits per heavy atom. The van der Waals surface area contributed by atoms with Gasteiger partial charge in [0.25, 0.3) is 0 Å². The van der Waals surface area contributed by atoms with Crippen LogP contribution in [0.25, 0.3) is 11.1 Å². The van der Waals surface area contributed by atoms with Gasteiger partial charge in [-0.25, -0.2) is 4.39 Å². The average Bonchev–Trinajstić information content (AvgIpc) is 2.59. The molecule has 0 aliphatic carbocycles. The molecule has 0 bridgehead atoms. The predicted molar refractivity (Wildman–Crippen MR) is 106 cm³/mol. The lowest BCUT2D eigenvalue weighted by Gasteiger charge is -2.30. The molecule has 0 saturated heterocycles. The van der Waals surface area contributed by atoms with Gasteiger partial charge in [-0.15, -0.1) is 0 Å². The van der Waals surface area contributed by atoms with Gasteiger partial charge in [-0.05, 0) is 69.5 Å². The van der Waals surface area contributed by atoms with Crippen LogP contribution in [0, 0.1) is 12.7 Å². The molecule has 0 fully saturated rings. The van der Waals surface area contributed by atoms with Gasteiger partial charge < -0.3 is 9.47 Å². The first-order chi connectivity index (χ1) is 12.3. The van der Waals surface area contributed by atoms with E-state index in [4.69, 9.17) is 9.47 Å². The van der Waals surface area contributed by atoms with E-state index in [9.17, 15) is 4.39 Å². The normalized spacial score (nSPS) is 11.5. The van der Waals surface area contributed by atoms with Crippen molar-refractivity contribution in [1.29, 1.82) is 0 Å². The van der Waals surface area contributed by atoms with Gasteiger partial charge in [0, 0.05) is 24.7 Å². The summed E-state index contributed by atoms with van der Waals surface area (Å²) in [6.07, 6.45) is 0. The molecule has 3 nitrogen and oxygen atoms in total. The van der Waals surface area contributed by atoms with E-state index in [-0.39, 0.29) is 5.82 Å². The highest BCUT2D eigenvalue weighted by Gasteiger charge is 2.14. The Kier molecular flexibility index (Phi) is 7.04. The van der Waals surface area contributed by atoms with E-state index in [2.05, 4.69) is 32.6 Å². The van der Waals surface area contributed by atoms with Crippen LogP contribution in [0.15, 0.2) is 36.4 Å². The summed E-state index contributed by atoms with van der Waals surface area (Å²) in [6, 6.07) is 11.4. The van der Waals surface area contributed by atoms with Gasteiger partial charge in [0.15, 0.2) is 0 Å². The SMILES string of the molecule is COc1cc(OCCN(C(C)C)C(C)C)cc(-c2ccc(F)cc2)c1C. The molecule has 0 radical (unpaired) electrons. The number of benzene rings is 2. The summed E-state index contributed by atoms with van der Waals surface area (Å²) < 4.78 is 24.8. The first-order valence-corrected chi connectivity index (χ1v) is 9.16. The fourth-order valence-electron chi connectivity index (χ4n) is 3.27. The average molecular weight is 359 g/mol. The molecule has 2 rings (SSSR count). The molecule has 0 spiro atoms. The lowest BCUT2D eigenvalue weighted by molar-refractivity contribution is 0.142. The highest BCUT2D eigenvalue weighted by molar-refractivity contribution is 5.71. The molecule has 0 saturated carbocycles. The second-order valence-corrected chi connectivity index (χ2v) is 7.08. The van der Waals surface area contributed by atoms with Gasteiger partial charge >= 0.3 is 0 Å². The minimum atomic E-state index is -0.242. The zero-order valence-corrected chi connectivity index (χ0v) is 16.7. The standard InChI is InChI=1S/C22H30FNO2/c1-15(2)24(16(3)4)11-12-26-20-13-21(17(5)22(14-20)25-6)18-7-9-19(23)10-8-18/h7-10,13-16H,11-12H2,1-6H3. The molecule has 0 unspecified atom stereocenters. The minimum Gasteiger partial charge on any atom is -0.496 e. The molecule has 0 aliphatic rings. The molecule has 2 aromatic rings. The van der Waals surface area contributed by atoms with Crippen LogP contribution in [0.2, 0.25) is 0 Å². The van der Waals surface area contributed by atoms with E-state index in [0.717, 1.165) is 34.7 Å². The number of nitrogens with zero attached hydrogens (tertiary/aromatic N) is 1. The monoisotopic (exact) mass is 359 g/mol. The topological polar surface area (TPSA) is 21.7 Å². The first kappa shape index (κ1) is 20.2. The third-order valence-electron chi connectivity index (χ3n) is 4.65. The second kappa shape index (κ2) is 9.04. The van der Waals surface area contributed by atoms with E-state index in [1.54, 1.807) is 19.2 Å². The van der Waals surface area contributed by atoms with E-state index < -0.39 is 0 Å². The summed E-state index contributed by atoms with van der Waals surface area (Å²) in [6.45, 7) is 12.2. The van der Waals surface area contributed by atoms with Crippen molar-refractivity contribution >= 4 is 0 Å². The van der Waals surface area contributed by atoms with Gasteiger partial charge in [-0.2, -0.15) is 0 Å². The van der Waals surface area contributed by atoms with Gasteiger partial charge in [0.2, 0.25) is 0 Å². The van der Waals surface area contributed by atoms with E-state index >= 15 is 0 Å². The number of methoxy groups -OCH3 is 1. The van der Waals surface area contributed by atoms with Crippen molar-refractivity contribution in [3.63, 3.8) is 0 Å². The third kappa shape index (κ3) is 4.98. The Bertz CT molecular complexity index is 703. The number of halogens is 1. The molecule has 2 aromatic carbocycles. The fourth-order valence-corrected chi connectivity index (χ4v) is 3.27. The largest absolute Gasteiger partial charge is 0.496 e. The summed E-state index contributed by atoms with van der Waals surface area (Å²) >= 11 is 0. The smallest absolute Gasteiger partial charge is 0.126 e. The van der Waals surface area contributed by atoms with E-state index in [1.165, 1.54) is 12.1 Å². The maximum atomic E-state index is 13.2. The number of rotatable bonds is 8. The van der Waals surface area contributed by atoms with Crippen molar-refractivity contribution in [2.45, 2.75) is 46.7 Å². The Labute approximate surface area is 156 Å². The summed E-state index contributed by atoms with van der Waals surface area (Å²) in [7, 11) is 1.65. The van der Waals surface area contributed by atoms with Crippen LogP contribution in [0.5, 0.6) is 11.5 Å². The maximum Gasteiger partial charge on any atom is 0.126 e. The van der Waals surface area contributed by atoms with E-state index in [1.807, 2.05) is 19.1 Å². The summed E-state index contributed by atoms with van der Waals surface area (Å²) in [5.74, 6) is 1.29. The fraction of sp³-hybridized carbons (Fsp3) is 0.455. The quantitative estimate of drug-likeness (QED) is 0.638. The van der Waals surface area contributed by atoms with Gasteiger partial charge in [0.05, 0.1) is 7.11 Å². The molecule has 0 atom stereocenters. The van der Waals surface area contributed by atoms with Gasteiger partial charge in [0.1, 0.15) is 23.9 Å². The molecule has 0 aromatic heterocycles. The molecular weight excluding hydrogens is 329 g/mol. The maximum absolute atomic E-state index is 13.2. The number of ether oxygens (including phenoxy) is 2. The molecule has 0 aliphatic heterocycles. The molecular formula is C22H30FNO2. The van der Waals surface area contributed by atoms with Crippen LogP contribution in [0.1, 0.15) is 33.3 Å². The summed E-state index contributed by atoms with van der Waals surface area (Å²) in [4.78, 5) is 2.40. The second-order valence-electron chi connectivity index (χ2n) is 7.08. The Morgan fingerprint density at radius 3 is 2.15 bits per heavy atom. The number of hydrogen-bond acceptors (Lipinski definition) is 3. The highest BCUT2D eigenvalue weighted by atomic mass is 19.1. The summed E-state index contributed by atoms with van der Waals surface area (Å²) in [5, 5.41) is 0.